The number of rotatable bonds is 3. The van der Waals surface area contributed by atoms with Crippen molar-refractivity contribution in [3.63, 3.8) is 0 Å². The molecule has 0 aromatic rings. The van der Waals surface area contributed by atoms with Gasteiger partial charge in [0.1, 0.15) is 11.6 Å². The Balaban J connectivity index is 2.77. The van der Waals surface area contributed by atoms with E-state index >= 15 is 0 Å². The van der Waals surface area contributed by atoms with Crippen molar-refractivity contribution in [1.82, 2.24) is 0 Å². The molecule has 1 aliphatic carbocycles. The van der Waals surface area contributed by atoms with Crippen LogP contribution in [0.25, 0.3) is 0 Å². The van der Waals surface area contributed by atoms with Crippen molar-refractivity contribution in [2.45, 2.75) is 40.0 Å². The molecule has 1 fully saturated rings. The minimum atomic E-state index is 0.0642. The van der Waals surface area contributed by atoms with Gasteiger partial charge in [-0.3, -0.25) is 9.59 Å². The minimum absolute atomic E-state index is 0.0642. The van der Waals surface area contributed by atoms with Crippen LogP contribution in [0.1, 0.15) is 40.0 Å². The lowest BCUT2D eigenvalue weighted by molar-refractivity contribution is -0.126. The Morgan fingerprint density at radius 1 is 0.867 bits per heavy atom. The van der Waals surface area contributed by atoms with Gasteiger partial charge in [-0.15, -0.1) is 0 Å². The van der Waals surface area contributed by atoms with E-state index in [0.717, 1.165) is 24.8 Å². The number of carbonyl (C=O) groups is 2. The molecule has 0 bridgehead atoms. The zero-order valence-corrected chi connectivity index (χ0v) is 9.88. The zero-order valence-electron chi connectivity index (χ0n) is 9.88. The first kappa shape index (κ1) is 12.2. The Bertz CT molecular complexity index is 237. The number of hydrogen-bond acceptors (Lipinski definition) is 2. The van der Waals surface area contributed by atoms with Gasteiger partial charge in [-0.2, -0.15) is 0 Å². The number of Topliss-reactive ketones (excluding diaryl/α,β-unsaturated/α-hetero) is 2. The van der Waals surface area contributed by atoms with Crippen molar-refractivity contribution in [3.05, 3.63) is 12.2 Å². The van der Waals surface area contributed by atoms with Crippen LogP contribution in [0.4, 0.5) is 0 Å². The van der Waals surface area contributed by atoms with E-state index in [1.807, 2.05) is 6.92 Å². The summed E-state index contributed by atoms with van der Waals surface area (Å²) in [4.78, 5) is 22.8. The molecule has 84 valence electrons. The smallest absolute Gasteiger partial charge is 0.132 e. The molecule has 0 unspecified atom stereocenters. The molecule has 1 saturated carbocycles. The Kier molecular flexibility index (Phi) is 3.83. The van der Waals surface area contributed by atoms with Gasteiger partial charge in [-0.25, -0.2) is 0 Å². The van der Waals surface area contributed by atoms with Crippen LogP contribution in [0.3, 0.4) is 0 Å². The topological polar surface area (TPSA) is 34.1 Å². The Morgan fingerprint density at radius 2 is 1.20 bits per heavy atom. The first-order chi connectivity index (χ1) is 6.91. The molecule has 0 aromatic carbocycles. The maximum atomic E-state index is 11.4. The highest BCUT2D eigenvalue weighted by molar-refractivity contribution is 5.82. The Hall–Kier alpha value is -0.920. The highest BCUT2D eigenvalue weighted by atomic mass is 16.1. The lowest BCUT2D eigenvalue weighted by Gasteiger charge is -2.33. The fourth-order valence-electron chi connectivity index (χ4n) is 2.39. The minimum Gasteiger partial charge on any atom is -0.300 e. The highest BCUT2D eigenvalue weighted by Crippen LogP contribution is 2.37. The molecule has 1 aliphatic rings. The summed E-state index contributed by atoms with van der Waals surface area (Å²) < 4.78 is 0. The average Bonchev–Trinajstić information content (AvgIpc) is 2.16. The van der Waals surface area contributed by atoms with Crippen molar-refractivity contribution < 1.29 is 9.59 Å². The predicted molar refractivity (Wildman–Crippen MR) is 60.5 cm³/mol. The summed E-state index contributed by atoms with van der Waals surface area (Å²) in [5.74, 6) is 0.907. The van der Waals surface area contributed by atoms with Gasteiger partial charge >= 0.3 is 0 Å². The van der Waals surface area contributed by atoms with Gasteiger partial charge in [0.2, 0.25) is 0 Å². The second-order valence-corrected chi connectivity index (χ2v) is 4.87. The van der Waals surface area contributed by atoms with Gasteiger partial charge in [0.15, 0.2) is 0 Å². The van der Waals surface area contributed by atoms with Gasteiger partial charge in [-0.05, 0) is 46.0 Å². The molecule has 0 amide bonds. The van der Waals surface area contributed by atoms with Gasteiger partial charge in [-0.1, -0.05) is 12.2 Å². The molecule has 0 aliphatic heterocycles. The van der Waals surface area contributed by atoms with Crippen molar-refractivity contribution >= 4 is 11.6 Å². The standard InChI is InChI=1S/C13H20O2/c1-8(2)11-5-12(9(3)14)7-13(6-11)10(4)15/h11-13H,1,5-7H2,2-4H3/t11-,12+,13-. The van der Waals surface area contributed by atoms with Crippen molar-refractivity contribution in [1.29, 1.82) is 0 Å². The monoisotopic (exact) mass is 208 g/mol. The van der Waals surface area contributed by atoms with E-state index in [1.54, 1.807) is 13.8 Å². The molecule has 1 rings (SSSR count). The maximum Gasteiger partial charge on any atom is 0.132 e. The van der Waals surface area contributed by atoms with E-state index in [9.17, 15) is 9.59 Å². The Morgan fingerprint density at radius 3 is 1.47 bits per heavy atom. The first-order valence-corrected chi connectivity index (χ1v) is 5.58. The van der Waals surface area contributed by atoms with Gasteiger partial charge in [0.05, 0.1) is 0 Å². The highest BCUT2D eigenvalue weighted by Gasteiger charge is 2.33. The average molecular weight is 208 g/mol. The van der Waals surface area contributed by atoms with Gasteiger partial charge < -0.3 is 0 Å². The van der Waals surface area contributed by atoms with Crippen molar-refractivity contribution in [2.24, 2.45) is 17.8 Å². The van der Waals surface area contributed by atoms with Crippen LogP contribution in [0, 0.1) is 17.8 Å². The van der Waals surface area contributed by atoms with E-state index in [2.05, 4.69) is 6.58 Å². The summed E-state index contributed by atoms with van der Waals surface area (Å²) in [6, 6.07) is 0. The van der Waals surface area contributed by atoms with E-state index < -0.39 is 0 Å². The summed E-state index contributed by atoms with van der Waals surface area (Å²) in [6.45, 7) is 9.19. The number of carbonyl (C=O) groups excluding carboxylic acids is 2. The molecule has 3 atom stereocenters. The van der Waals surface area contributed by atoms with Gasteiger partial charge in [0, 0.05) is 11.8 Å². The summed E-state index contributed by atoms with van der Waals surface area (Å²) >= 11 is 0. The molecule has 0 saturated heterocycles. The second-order valence-electron chi connectivity index (χ2n) is 4.87. The van der Waals surface area contributed by atoms with E-state index in [-0.39, 0.29) is 23.4 Å². The van der Waals surface area contributed by atoms with Crippen LogP contribution < -0.4 is 0 Å². The third-order valence-electron chi connectivity index (χ3n) is 3.55. The van der Waals surface area contributed by atoms with E-state index in [4.69, 9.17) is 0 Å². The molecule has 0 N–H and O–H groups in total. The van der Waals surface area contributed by atoms with E-state index in [0.29, 0.717) is 5.92 Å². The van der Waals surface area contributed by atoms with Crippen LogP contribution in [0.5, 0.6) is 0 Å². The quantitative estimate of drug-likeness (QED) is 0.668. The van der Waals surface area contributed by atoms with Crippen molar-refractivity contribution in [2.75, 3.05) is 0 Å². The fourth-order valence-corrected chi connectivity index (χ4v) is 2.39. The molecule has 2 nitrogen and oxygen atoms in total. The van der Waals surface area contributed by atoms with Crippen LogP contribution in [0.2, 0.25) is 0 Å². The van der Waals surface area contributed by atoms with Crippen LogP contribution in [0.15, 0.2) is 12.2 Å². The maximum absolute atomic E-state index is 11.4. The largest absolute Gasteiger partial charge is 0.300 e. The summed E-state index contributed by atoms with van der Waals surface area (Å²) in [7, 11) is 0. The van der Waals surface area contributed by atoms with E-state index in [1.165, 1.54) is 0 Å². The summed E-state index contributed by atoms with van der Waals surface area (Å²) in [6.07, 6.45) is 2.51. The molecule has 15 heavy (non-hydrogen) atoms. The number of allylic oxidation sites excluding steroid dienone is 1. The van der Waals surface area contributed by atoms with Crippen LogP contribution in [-0.4, -0.2) is 11.6 Å². The lowest BCUT2D eigenvalue weighted by Crippen LogP contribution is -2.30. The Labute approximate surface area is 91.7 Å². The molecule has 0 heterocycles. The lowest BCUT2D eigenvalue weighted by atomic mass is 9.71. The second kappa shape index (κ2) is 4.73. The summed E-state index contributed by atoms with van der Waals surface area (Å²) in [5.41, 5.74) is 1.10. The summed E-state index contributed by atoms with van der Waals surface area (Å²) in [5, 5.41) is 0. The normalized spacial score (nSPS) is 31.0. The molecular formula is C13H20O2. The fraction of sp³-hybridized carbons (Fsp3) is 0.692. The molecule has 0 spiro atoms. The van der Waals surface area contributed by atoms with Crippen molar-refractivity contribution in [3.8, 4) is 0 Å². The van der Waals surface area contributed by atoms with Crippen LogP contribution in [-0.2, 0) is 9.59 Å². The van der Waals surface area contributed by atoms with Crippen LogP contribution >= 0.6 is 0 Å². The first-order valence-electron chi connectivity index (χ1n) is 5.58. The molecular weight excluding hydrogens is 188 g/mol. The zero-order chi connectivity index (χ0) is 11.6. The third kappa shape index (κ3) is 3.01. The molecule has 0 aromatic heterocycles. The SMILES string of the molecule is C=C(C)[C@H]1C[C@@H](C(C)=O)C[C@@H](C(C)=O)C1. The number of ketones is 2. The molecule has 0 radical (unpaired) electrons. The third-order valence-corrected chi connectivity index (χ3v) is 3.55. The molecule has 2 heteroatoms. The number of hydrogen-bond donors (Lipinski definition) is 0. The van der Waals surface area contributed by atoms with Gasteiger partial charge in [0.25, 0.3) is 0 Å². The predicted octanol–water partition coefficient (Wildman–Crippen LogP) is 2.77.